The number of cyclic esters (lactones) is 1. The van der Waals surface area contributed by atoms with E-state index in [4.69, 9.17) is 24.9 Å². The third-order valence-corrected chi connectivity index (χ3v) is 9.54. The SMILES string of the molecule is COC[C@@](C)(N)c1cnc(O[C@H]2C[C@@H](S(C)(=O)=O)C2)c2cnc(Nc3ccc4c(n3)[C@@H](C)C(C)(C)OC4=O)cc12. The summed E-state index contributed by atoms with van der Waals surface area (Å²) < 4.78 is 40.7. The Balaban J connectivity index is 1.50. The molecule has 0 bridgehead atoms. The molecule has 2 aliphatic rings. The molecule has 2 atom stereocenters. The highest BCUT2D eigenvalue weighted by Crippen LogP contribution is 2.39. The molecule has 3 N–H and O–H groups in total. The van der Waals surface area contributed by atoms with Gasteiger partial charge >= 0.3 is 5.97 Å². The maximum absolute atomic E-state index is 12.5. The first kappa shape index (κ1) is 28.2. The Morgan fingerprint density at radius 3 is 2.58 bits per heavy atom. The van der Waals surface area contributed by atoms with Crippen LogP contribution in [0.15, 0.2) is 30.6 Å². The Hall–Kier alpha value is -3.35. The van der Waals surface area contributed by atoms with E-state index in [1.807, 2.05) is 33.8 Å². The largest absolute Gasteiger partial charge is 0.474 e. The standard InChI is InChI=1S/C28H35N5O6S/c1-15-24-18(26(34)39-27(15,2)3)7-8-22(33-24)32-23-11-19-20(12-30-23)25(31-13-21(19)28(4,29)14-37-5)38-16-9-17(10-16)40(6,35)36/h7-8,11-13,15-17H,9-10,14,29H2,1-6H3,(H,30,32,33)/t15-,16-,17+,28-/m1/s1. The summed E-state index contributed by atoms with van der Waals surface area (Å²) in [6.07, 6.45) is 5.15. The molecule has 11 nitrogen and oxygen atoms in total. The molecule has 1 aliphatic carbocycles. The number of nitrogens with zero attached hydrogens (tertiary/aromatic N) is 3. The lowest BCUT2D eigenvalue weighted by molar-refractivity contribution is -0.0189. The number of carbonyl (C=O) groups is 1. The Morgan fingerprint density at radius 2 is 1.90 bits per heavy atom. The average molecular weight is 570 g/mol. The van der Waals surface area contributed by atoms with Crippen LogP contribution in [-0.2, 0) is 24.8 Å². The summed E-state index contributed by atoms with van der Waals surface area (Å²) in [7, 11) is -1.52. The zero-order valence-corrected chi connectivity index (χ0v) is 24.3. The van der Waals surface area contributed by atoms with Gasteiger partial charge in [0.15, 0.2) is 9.84 Å². The fraction of sp³-hybridized carbons (Fsp3) is 0.500. The molecule has 1 aliphatic heterocycles. The summed E-state index contributed by atoms with van der Waals surface area (Å²) in [6.45, 7) is 7.83. The van der Waals surface area contributed by atoms with E-state index < -0.39 is 26.2 Å². The molecule has 3 aromatic rings. The number of hydrogen-bond donors (Lipinski definition) is 2. The molecule has 214 valence electrons. The summed E-state index contributed by atoms with van der Waals surface area (Å²) in [5.41, 5.74) is 6.95. The van der Waals surface area contributed by atoms with E-state index in [-0.39, 0.29) is 24.6 Å². The van der Waals surface area contributed by atoms with Crippen LogP contribution in [0, 0.1) is 0 Å². The predicted octanol–water partition coefficient (Wildman–Crippen LogP) is 3.60. The van der Waals surface area contributed by atoms with Gasteiger partial charge in [0.05, 0.1) is 34.0 Å². The van der Waals surface area contributed by atoms with Crippen molar-refractivity contribution in [2.45, 2.75) is 68.9 Å². The minimum absolute atomic E-state index is 0.107. The van der Waals surface area contributed by atoms with E-state index in [1.54, 1.807) is 31.6 Å². The quantitative estimate of drug-likeness (QED) is 0.382. The van der Waals surface area contributed by atoms with Crippen molar-refractivity contribution < 1.29 is 27.4 Å². The van der Waals surface area contributed by atoms with E-state index >= 15 is 0 Å². The molecule has 0 unspecified atom stereocenters. The molecule has 0 aromatic carbocycles. The van der Waals surface area contributed by atoms with Gasteiger partial charge in [-0.05, 0) is 44.4 Å². The number of hydrogen-bond acceptors (Lipinski definition) is 11. The number of anilines is 2. The van der Waals surface area contributed by atoms with E-state index in [2.05, 4.69) is 15.3 Å². The van der Waals surface area contributed by atoms with E-state index in [1.165, 1.54) is 6.26 Å². The Labute approximate surface area is 233 Å². The van der Waals surface area contributed by atoms with Gasteiger partial charge in [0.1, 0.15) is 23.3 Å². The van der Waals surface area contributed by atoms with Crippen LogP contribution in [0.2, 0.25) is 0 Å². The summed E-state index contributed by atoms with van der Waals surface area (Å²) in [5, 5.41) is 4.26. The third-order valence-electron chi connectivity index (χ3n) is 7.94. The minimum atomic E-state index is -3.10. The molecule has 0 amide bonds. The molecule has 0 spiro atoms. The molecular weight excluding hydrogens is 534 g/mol. The Kier molecular flexibility index (Phi) is 7.00. The number of pyridine rings is 3. The normalized spacial score (nSPS) is 23.5. The van der Waals surface area contributed by atoms with Gasteiger partial charge < -0.3 is 25.3 Å². The van der Waals surface area contributed by atoms with Crippen LogP contribution < -0.4 is 15.8 Å². The van der Waals surface area contributed by atoms with Crippen LogP contribution in [0.1, 0.15) is 68.1 Å². The zero-order chi connectivity index (χ0) is 29.0. The Bertz CT molecular complexity index is 1580. The second kappa shape index (κ2) is 9.93. The second-order valence-corrected chi connectivity index (χ2v) is 13.9. The molecule has 5 rings (SSSR count). The molecule has 40 heavy (non-hydrogen) atoms. The smallest absolute Gasteiger partial charge is 0.340 e. The number of ether oxygens (including phenoxy) is 3. The number of nitrogens with two attached hydrogens (primary N) is 1. The summed E-state index contributed by atoms with van der Waals surface area (Å²) in [5.74, 6) is 0.913. The second-order valence-electron chi connectivity index (χ2n) is 11.6. The average Bonchev–Trinajstić information content (AvgIpc) is 2.83. The maximum Gasteiger partial charge on any atom is 0.340 e. The van der Waals surface area contributed by atoms with Gasteiger partial charge in [0, 0.05) is 50.1 Å². The molecule has 4 heterocycles. The number of nitrogens with one attached hydrogen (secondary N) is 1. The van der Waals surface area contributed by atoms with Gasteiger partial charge in [0.2, 0.25) is 5.88 Å². The van der Waals surface area contributed by atoms with E-state index in [9.17, 15) is 13.2 Å². The fourth-order valence-corrected chi connectivity index (χ4v) is 6.25. The van der Waals surface area contributed by atoms with Crippen LogP contribution in [0.5, 0.6) is 5.88 Å². The lowest BCUT2D eigenvalue weighted by Gasteiger charge is -2.36. The van der Waals surface area contributed by atoms with Crippen LogP contribution in [-0.4, -0.2) is 66.3 Å². The number of carbonyl (C=O) groups excluding carboxylic acids is 1. The Morgan fingerprint density at radius 1 is 1.18 bits per heavy atom. The summed E-state index contributed by atoms with van der Waals surface area (Å²) in [4.78, 5) is 26.3. The highest BCUT2D eigenvalue weighted by molar-refractivity contribution is 7.91. The van der Waals surface area contributed by atoms with Gasteiger partial charge in [-0.3, -0.25) is 0 Å². The monoisotopic (exact) mass is 569 g/mol. The third kappa shape index (κ3) is 5.23. The molecule has 1 fully saturated rings. The summed E-state index contributed by atoms with van der Waals surface area (Å²) >= 11 is 0. The van der Waals surface area contributed by atoms with Crippen molar-refractivity contribution in [2.24, 2.45) is 5.73 Å². The van der Waals surface area contributed by atoms with E-state index in [0.29, 0.717) is 47.0 Å². The van der Waals surface area contributed by atoms with Crippen molar-refractivity contribution in [1.82, 2.24) is 15.0 Å². The molecule has 0 saturated heterocycles. The van der Waals surface area contributed by atoms with Gasteiger partial charge in [-0.25, -0.2) is 28.2 Å². The molecule has 0 radical (unpaired) electrons. The first-order valence-corrected chi connectivity index (χ1v) is 15.1. The van der Waals surface area contributed by atoms with Crippen molar-refractivity contribution in [2.75, 3.05) is 25.3 Å². The number of esters is 1. The number of sulfone groups is 1. The van der Waals surface area contributed by atoms with Gasteiger partial charge in [0.25, 0.3) is 0 Å². The number of rotatable bonds is 8. The van der Waals surface area contributed by atoms with E-state index in [0.717, 1.165) is 10.9 Å². The molecule has 12 heteroatoms. The van der Waals surface area contributed by atoms with Crippen molar-refractivity contribution in [3.8, 4) is 5.88 Å². The van der Waals surface area contributed by atoms with Crippen LogP contribution in [0.25, 0.3) is 10.8 Å². The number of aromatic nitrogens is 3. The van der Waals surface area contributed by atoms with Crippen LogP contribution in [0.3, 0.4) is 0 Å². The van der Waals surface area contributed by atoms with Gasteiger partial charge in [-0.1, -0.05) is 6.92 Å². The molecule has 1 saturated carbocycles. The van der Waals surface area contributed by atoms with Crippen molar-refractivity contribution in [3.63, 3.8) is 0 Å². The lowest BCUT2D eigenvalue weighted by Crippen LogP contribution is -2.42. The lowest BCUT2D eigenvalue weighted by atomic mass is 9.84. The number of methoxy groups -OCH3 is 1. The van der Waals surface area contributed by atoms with Gasteiger partial charge in [-0.2, -0.15) is 0 Å². The highest BCUT2D eigenvalue weighted by atomic mass is 32.2. The topological polar surface area (TPSA) is 156 Å². The minimum Gasteiger partial charge on any atom is -0.474 e. The maximum atomic E-state index is 12.5. The fourth-order valence-electron chi connectivity index (χ4n) is 5.12. The van der Waals surface area contributed by atoms with Crippen molar-refractivity contribution >= 4 is 38.2 Å². The highest BCUT2D eigenvalue weighted by Gasteiger charge is 2.40. The van der Waals surface area contributed by atoms with Crippen molar-refractivity contribution in [1.29, 1.82) is 0 Å². The van der Waals surface area contributed by atoms with Crippen molar-refractivity contribution in [3.05, 3.63) is 47.4 Å². The molecular formula is C28H35N5O6S. The zero-order valence-electron chi connectivity index (χ0n) is 23.5. The van der Waals surface area contributed by atoms with Crippen LogP contribution in [0.4, 0.5) is 11.6 Å². The summed E-state index contributed by atoms with van der Waals surface area (Å²) in [6, 6.07) is 5.27. The molecule has 3 aromatic heterocycles. The van der Waals surface area contributed by atoms with Crippen LogP contribution >= 0.6 is 0 Å². The van der Waals surface area contributed by atoms with Gasteiger partial charge in [-0.15, -0.1) is 0 Å². The first-order valence-electron chi connectivity index (χ1n) is 13.1. The number of fused-ring (bicyclic) bond motifs is 2. The predicted molar refractivity (Wildman–Crippen MR) is 151 cm³/mol. The first-order chi connectivity index (χ1) is 18.7.